The van der Waals surface area contributed by atoms with E-state index in [1.807, 2.05) is 26.0 Å². The molecule has 10 heterocycles. The zero-order chi connectivity index (χ0) is 48.2. The first-order chi connectivity index (χ1) is 34.0. The number of ether oxygens (including phenoxy) is 4. The van der Waals surface area contributed by atoms with Crippen molar-refractivity contribution in [3.05, 3.63) is 101 Å². The molecule has 0 N–H and O–H groups in total. The Morgan fingerprint density at radius 1 is 0.592 bits per heavy atom. The number of fused-ring (bicyclic) bond motifs is 4. The van der Waals surface area contributed by atoms with Crippen molar-refractivity contribution in [2.45, 2.75) is 109 Å². The van der Waals surface area contributed by atoms with Crippen LogP contribution in [-0.4, -0.2) is 118 Å². The lowest BCUT2D eigenvalue weighted by Gasteiger charge is -2.32. The molecule has 14 nitrogen and oxygen atoms in total. The molecular weight excluding hydrogens is 907 g/mol. The van der Waals surface area contributed by atoms with Gasteiger partial charge in [-0.25, -0.2) is 18.7 Å². The van der Waals surface area contributed by atoms with Gasteiger partial charge in [0, 0.05) is 111 Å². The Labute approximate surface area is 413 Å². The number of pyridine rings is 2. The molecule has 0 aliphatic carbocycles. The second-order valence-electron chi connectivity index (χ2n) is 19.7. The standard InChI is InChI=1S/C27H31FN4O3.C27H29FN4O3.CH4/c2*1-16-27(33)31(2)15-23-25(30-26(32(16)23)18-7-11-35-12-8-18)24-20-14-29-22(17-5-9-34-10-6-17)13-19(20)3-4-21(24)28;/h3-4,13-14,16-18H,5-12,15H2,1-2H3;3-5,13-14,16,18H,6-12,15H2,1-2H3;1H4. The zero-order valence-electron chi connectivity index (χ0n) is 40.4. The summed E-state index contributed by atoms with van der Waals surface area (Å²) in [4.78, 5) is 48.8. The van der Waals surface area contributed by atoms with E-state index in [0.29, 0.717) is 81.2 Å². The second kappa shape index (κ2) is 20.3. The molecule has 3 fully saturated rings. The molecule has 0 bridgehead atoms. The highest BCUT2D eigenvalue weighted by Gasteiger charge is 2.39. The van der Waals surface area contributed by atoms with Gasteiger partial charge in [-0.1, -0.05) is 25.6 Å². The average molecular weight is 971 g/mol. The number of hydrogen-bond donors (Lipinski definition) is 0. The van der Waals surface area contributed by atoms with Crippen LogP contribution in [0.3, 0.4) is 0 Å². The van der Waals surface area contributed by atoms with E-state index in [1.54, 1.807) is 42.4 Å². The molecule has 2 amide bonds. The SMILES string of the molecule is C.CC1C(=O)N(C)Cc2c(-c3c(F)ccc4cc(C5=CCOCC5)ncc34)nc(C3CCOCC3)n21.CC1C(=O)N(C)Cc2c(-c3c(F)ccc4cc(C5CCOCC5)ncc34)nc(C3CCOCC3)n21. The van der Waals surface area contributed by atoms with Crippen LogP contribution in [0.4, 0.5) is 8.78 Å². The molecule has 3 saturated heterocycles. The summed E-state index contributed by atoms with van der Waals surface area (Å²) in [6.07, 6.45) is 11.7. The van der Waals surface area contributed by atoms with E-state index in [1.165, 1.54) is 12.1 Å². The third kappa shape index (κ3) is 8.95. The molecular formula is C55H64F2N8O6. The molecule has 6 aliphatic rings. The van der Waals surface area contributed by atoms with Crippen molar-refractivity contribution in [1.29, 1.82) is 0 Å². The normalized spacial score (nSPS) is 21.4. The molecule has 0 saturated carbocycles. The topological polar surface area (TPSA) is 139 Å². The number of carbonyl (C=O) groups excluding carboxylic acids is 2. The Kier molecular flexibility index (Phi) is 13.9. The smallest absolute Gasteiger partial charge is 0.245 e. The largest absolute Gasteiger partial charge is 0.381 e. The van der Waals surface area contributed by atoms with Crippen LogP contribution in [-0.2, 0) is 41.6 Å². The van der Waals surface area contributed by atoms with Crippen molar-refractivity contribution in [1.82, 2.24) is 38.9 Å². The fourth-order valence-corrected chi connectivity index (χ4v) is 11.5. The van der Waals surface area contributed by atoms with Crippen LogP contribution < -0.4 is 0 Å². The second-order valence-corrected chi connectivity index (χ2v) is 19.7. The van der Waals surface area contributed by atoms with E-state index in [0.717, 1.165) is 120 Å². The van der Waals surface area contributed by atoms with Gasteiger partial charge in [-0.05, 0) is 99.4 Å². The molecule has 6 aromatic rings. The molecule has 0 radical (unpaired) electrons. The van der Waals surface area contributed by atoms with Gasteiger partial charge >= 0.3 is 0 Å². The number of rotatable bonds is 6. The predicted octanol–water partition coefficient (Wildman–Crippen LogP) is 9.66. The van der Waals surface area contributed by atoms with E-state index in [-0.39, 0.29) is 54.8 Å². The van der Waals surface area contributed by atoms with Gasteiger partial charge in [0.15, 0.2) is 0 Å². The van der Waals surface area contributed by atoms with E-state index < -0.39 is 0 Å². The van der Waals surface area contributed by atoms with Gasteiger partial charge in [0.05, 0.1) is 54.8 Å². The van der Waals surface area contributed by atoms with Gasteiger partial charge in [-0.15, -0.1) is 0 Å². The number of amides is 2. The Hall–Kier alpha value is -5.94. The fourth-order valence-electron chi connectivity index (χ4n) is 11.5. The van der Waals surface area contributed by atoms with Crippen molar-refractivity contribution < 1.29 is 37.3 Å². The Bertz CT molecular complexity index is 3020. The van der Waals surface area contributed by atoms with Gasteiger partial charge in [-0.3, -0.25) is 19.6 Å². The molecule has 4 aromatic heterocycles. The van der Waals surface area contributed by atoms with Crippen LogP contribution in [0.15, 0.2) is 54.9 Å². The van der Waals surface area contributed by atoms with E-state index >= 15 is 8.78 Å². The lowest BCUT2D eigenvalue weighted by atomic mass is 9.93. The summed E-state index contributed by atoms with van der Waals surface area (Å²) in [5, 5.41) is 3.36. The van der Waals surface area contributed by atoms with Crippen LogP contribution in [0.5, 0.6) is 0 Å². The van der Waals surface area contributed by atoms with Crippen molar-refractivity contribution in [3.8, 4) is 22.5 Å². The summed E-state index contributed by atoms with van der Waals surface area (Å²) < 4.78 is 57.3. The lowest BCUT2D eigenvalue weighted by Crippen LogP contribution is -2.40. The number of benzene rings is 2. The minimum absolute atomic E-state index is 0. The number of aromatic nitrogens is 6. The first-order valence-electron chi connectivity index (χ1n) is 24.9. The third-order valence-electron chi connectivity index (χ3n) is 15.4. The minimum Gasteiger partial charge on any atom is -0.381 e. The maximum absolute atomic E-state index is 15.6. The number of halogens is 2. The number of nitrogens with zero attached hydrogens (tertiary/aromatic N) is 8. The molecule has 6 aliphatic heterocycles. The van der Waals surface area contributed by atoms with E-state index in [2.05, 4.69) is 21.3 Å². The lowest BCUT2D eigenvalue weighted by molar-refractivity contribution is -0.136. The zero-order valence-corrected chi connectivity index (χ0v) is 40.4. The highest BCUT2D eigenvalue weighted by atomic mass is 19.1. The average Bonchev–Trinajstić information content (AvgIpc) is 3.97. The molecule has 71 heavy (non-hydrogen) atoms. The van der Waals surface area contributed by atoms with Crippen molar-refractivity contribution >= 4 is 38.9 Å². The van der Waals surface area contributed by atoms with Crippen LogP contribution in [0.2, 0.25) is 0 Å². The maximum atomic E-state index is 15.6. The monoisotopic (exact) mass is 970 g/mol. The first kappa shape index (κ1) is 48.7. The molecule has 2 unspecified atom stereocenters. The van der Waals surface area contributed by atoms with Crippen molar-refractivity contribution in [2.75, 3.05) is 67.0 Å². The van der Waals surface area contributed by atoms with Crippen molar-refractivity contribution in [2.24, 2.45) is 0 Å². The number of likely N-dealkylation sites (N-methyl/N-ethyl adjacent to an activating group) is 2. The molecule has 374 valence electrons. The molecule has 16 heteroatoms. The van der Waals surface area contributed by atoms with E-state index in [4.69, 9.17) is 38.9 Å². The summed E-state index contributed by atoms with van der Waals surface area (Å²) in [7, 11) is 3.59. The quantitative estimate of drug-likeness (QED) is 0.159. The molecule has 12 rings (SSSR count). The Morgan fingerprint density at radius 2 is 1.06 bits per heavy atom. The summed E-state index contributed by atoms with van der Waals surface area (Å²) >= 11 is 0. The van der Waals surface area contributed by atoms with Crippen LogP contribution in [0.25, 0.3) is 49.6 Å². The van der Waals surface area contributed by atoms with Gasteiger partial charge in [0.2, 0.25) is 11.8 Å². The highest BCUT2D eigenvalue weighted by Crippen LogP contribution is 2.43. The van der Waals surface area contributed by atoms with Gasteiger partial charge in [0.25, 0.3) is 0 Å². The summed E-state index contributed by atoms with van der Waals surface area (Å²) in [5.41, 5.74) is 7.02. The maximum Gasteiger partial charge on any atom is 0.245 e. The first-order valence-corrected chi connectivity index (χ1v) is 24.9. The van der Waals surface area contributed by atoms with E-state index in [9.17, 15) is 9.59 Å². The number of imidazole rings is 2. The fraction of sp³-hybridized carbons (Fsp3) is 0.491. The number of hydrogen-bond acceptors (Lipinski definition) is 10. The van der Waals surface area contributed by atoms with Gasteiger partial charge in [0.1, 0.15) is 35.4 Å². The van der Waals surface area contributed by atoms with Crippen LogP contribution in [0, 0.1) is 11.6 Å². The minimum atomic E-state index is -0.383. The molecule has 0 spiro atoms. The Balaban J connectivity index is 0.000000162. The summed E-state index contributed by atoms with van der Waals surface area (Å²) in [6, 6.07) is 10.0. The van der Waals surface area contributed by atoms with Gasteiger partial charge in [-0.2, -0.15) is 0 Å². The third-order valence-corrected chi connectivity index (χ3v) is 15.4. The number of carbonyl (C=O) groups is 2. The van der Waals surface area contributed by atoms with Crippen LogP contribution >= 0.6 is 0 Å². The van der Waals surface area contributed by atoms with Crippen molar-refractivity contribution in [3.63, 3.8) is 0 Å². The molecule has 2 atom stereocenters. The summed E-state index contributed by atoms with van der Waals surface area (Å²) in [5.74, 6) is 1.91. The van der Waals surface area contributed by atoms with Gasteiger partial charge < -0.3 is 37.9 Å². The highest BCUT2D eigenvalue weighted by molar-refractivity contribution is 5.98. The summed E-state index contributed by atoms with van der Waals surface area (Å²) in [6.45, 7) is 10.1. The van der Waals surface area contributed by atoms with Crippen LogP contribution in [0.1, 0.15) is 130 Å². The predicted molar refractivity (Wildman–Crippen MR) is 267 cm³/mol. The Morgan fingerprint density at radius 3 is 1.54 bits per heavy atom. The molecule has 2 aromatic carbocycles.